The Balaban J connectivity index is 1.52. The van der Waals surface area contributed by atoms with Crippen LogP contribution in [0.5, 0.6) is 0 Å². The predicted octanol–water partition coefficient (Wildman–Crippen LogP) is 3.43. The summed E-state index contributed by atoms with van der Waals surface area (Å²) in [5.41, 5.74) is 7.12. The lowest BCUT2D eigenvalue weighted by molar-refractivity contribution is -0.114. The second-order valence-corrected chi connectivity index (χ2v) is 8.89. The van der Waals surface area contributed by atoms with Crippen LogP contribution in [0.3, 0.4) is 0 Å². The second-order valence-electron chi connectivity index (χ2n) is 7.44. The summed E-state index contributed by atoms with van der Waals surface area (Å²) in [4.78, 5) is 24.4. The number of amides is 2. The maximum absolute atomic E-state index is 12.2. The van der Waals surface area contributed by atoms with Crippen LogP contribution in [-0.4, -0.2) is 27.5 Å². The van der Waals surface area contributed by atoms with Crippen molar-refractivity contribution >= 4 is 34.0 Å². The topological polar surface area (TPSA) is 75.3 Å². The van der Waals surface area contributed by atoms with E-state index in [4.69, 9.17) is 0 Å². The summed E-state index contributed by atoms with van der Waals surface area (Å²) in [7, 11) is -1.57. The van der Waals surface area contributed by atoms with Crippen LogP contribution in [0.1, 0.15) is 34.2 Å². The van der Waals surface area contributed by atoms with Crippen molar-refractivity contribution < 1.29 is 13.8 Å². The molecule has 1 aliphatic rings. The van der Waals surface area contributed by atoms with Gasteiger partial charge in [-0.2, -0.15) is 0 Å². The SMILES string of the molecule is Cc1cc(C)c(NC(=O)C[S@](=O)CC(=O)Nc2ccc3c(c2)CCC3)c(C)c1. The van der Waals surface area contributed by atoms with Crippen molar-refractivity contribution in [3.63, 3.8) is 0 Å². The van der Waals surface area contributed by atoms with Crippen LogP contribution in [0.25, 0.3) is 0 Å². The molecule has 0 saturated carbocycles. The molecular formula is C22H26N2O3S. The molecule has 1 aliphatic carbocycles. The zero-order valence-corrected chi connectivity index (χ0v) is 17.4. The molecule has 148 valence electrons. The summed E-state index contributed by atoms with van der Waals surface area (Å²) in [5.74, 6) is -1.09. The van der Waals surface area contributed by atoms with Crippen LogP contribution in [-0.2, 0) is 33.2 Å². The van der Waals surface area contributed by atoms with E-state index in [9.17, 15) is 13.8 Å². The van der Waals surface area contributed by atoms with E-state index in [1.165, 1.54) is 11.1 Å². The van der Waals surface area contributed by atoms with Gasteiger partial charge >= 0.3 is 0 Å². The highest BCUT2D eigenvalue weighted by Gasteiger charge is 2.16. The van der Waals surface area contributed by atoms with E-state index < -0.39 is 10.8 Å². The summed E-state index contributed by atoms with van der Waals surface area (Å²) < 4.78 is 12.2. The van der Waals surface area contributed by atoms with Crippen molar-refractivity contribution in [2.45, 2.75) is 40.0 Å². The quantitative estimate of drug-likeness (QED) is 0.783. The van der Waals surface area contributed by atoms with Gasteiger partial charge in [0.15, 0.2) is 0 Å². The van der Waals surface area contributed by atoms with Crippen molar-refractivity contribution in [1.29, 1.82) is 0 Å². The fourth-order valence-electron chi connectivity index (χ4n) is 3.74. The Morgan fingerprint density at radius 1 is 0.893 bits per heavy atom. The highest BCUT2D eigenvalue weighted by molar-refractivity contribution is 7.86. The van der Waals surface area contributed by atoms with Crippen LogP contribution in [0.4, 0.5) is 11.4 Å². The fourth-order valence-corrected chi connectivity index (χ4v) is 4.57. The lowest BCUT2D eigenvalue weighted by Crippen LogP contribution is -2.26. The highest BCUT2D eigenvalue weighted by atomic mass is 32.2. The zero-order chi connectivity index (χ0) is 20.3. The van der Waals surface area contributed by atoms with E-state index in [0.29, 0.717) is 0 Å². The number of hydrogen-bond donors (Lipinski definition) is 2. The van der Waals surface area contributed by atoms with E-state index in [1.54, 1.807) is 0 Å². The third-order valence-corrected chi connectivity index (χ3v) is 6.08. The molecule has 0 saturated heterocycles. The molecule has 2 aromatic rings. The number of anilines is 2. The van der Waals surface area contributed by atoms with Crippen molar-refractivity contribution in [3.05, 3.63) is 58.1 Å². The zero-order valence-electron chi connectivity index (χ0n) is 16.6. The fraction of sp³-hybridized carbons (Fsp3) is 0.364. The van der Waals surface area contributed by atoms with Gasteiger partial charge in [0.05, 0.1) is 0 Å². The van der Waals surface area contributed by atoms with E-state index >= 15 is 0 Å². The molecule has 6 heteroatoms. The Bertz CT molecular complexity index is 930. The first-order valence-corrected chi connectivity index (χ1v) is 10.9. The Hall–Kier alpha value is -2.47. The number of benzene rings is 2. The van der Waals surface area contributed by atoms with E-state index in [0.717, 1.165) is 47.3 Å². The van der Waals surface area contributed by atoms with E-state index in [2.05, 4.69) is 10.6 Å². The third-order valence-electron chi connectivity index (χ3n) is 4.91. The molecule has 2 N–H and O–H groups in total. The standard InChI is InChI=1S/C22H26N2O3S/c1-14-9-15(2)22(16(3)10-14)24-21(26)13-28(27)12-20(25)23-19-8-7-17-5-4-6-18(17)11-19/h7-11H,4-6,12-13H2,1-3H3,(H,23,25)(H,24,26)/t28-/m1/s1. The third kappa shape index (κ3) is 5.07. The summed E-state index contributed by atoms with van der Waals surface area (Å²) in [5, 5.41) is 5.61. The summed E-state index contributed by atoms with van der Waals surface area (Å²) in [6.45, 7) is 5.85. The summed E-state index contributed by atoms with van der Waals surface area (Å²) >= 11 is 0. The van der Waals surface area contributed by atoms with Crippen LogP contribution < -0.4 is 10.6 Å². The first kappa shape index (κ1) is 20.3. The molecule has 1 atom stereocenters. The number of nitrogens with one attached hydrogen (secondary N) is 2. The molecule has 0 bridgehead atoms. The summed E-state index contributed by atoms with van der Waals surface area (Å²) in [6.07, 6.45) is 3.26. The smallest absolute Gasteiger partial charge is 0.237 e. The van der Waals surface area contributed by atoms with Crippen LogP contribution >= 0.6 is 0 Å². The van der Waals surface area contributed by atoms with E-state index in [-0.39, 0.29) is 23.3 Å². The molecule has 2 aromatic carbocycles. The molecule has 0 aliphatic heterocycles. The van der Waals surface area contributed by atoms with Gasteiger partial charge in [0.25, 0.3) is 0 Å². The van der Waals surface area contributed by atoms with Gasteiger partial charge in [-0.1, -0.05) is 23.8 Å². The normalized spacial score (nSPS) is 13.7. The van der Waals surface area contributed by atoms with E-state index in [1.807, 2.05) is 51.1 Å². The van der Waals surface area contributed by atoms with Gasteiger partial charge in [-0.15, -0.1) is 0 Å². The van der Waals surface area contributed by atoms with Crippen LogP contribution in [0.15, 0.2) is 30.3 Å². The van der Waals surface area contributed by atoms with Gasteiger partial charge in [-0.25, -0.2) is 0 Å². The van der Waals surface area contributed by atoms with Crippen molar-refractivity contribution in [2.24, 2.45) is 0 Å². The van der Waals surface area contributed by atoms with Gasteiger partial charge in [0, 0.05) is 22.2 Å². The molecule has 5 nitrogen and oxygen atoms in total. The lowest BCUT2D eigenvalue weighted by Gasteiger charge is -2.13. The lowest BCUT2D eigenvalue weighted by atomic mass is 10.1. The minimum absolute atomic E-state index is 0.198. The molecule has 0 radical (unpaired) electrons. The molecule has 0 spiro atoms. The van der Waals surface area contributed by atoms with Crippen molar-refractivity contribution in [2.75, 3.05) is 22.1 Å². The minimum Gasteiger partial charge on any atom is -0.325 e. The Morgan fingerprint density at radius 2 is 1.50 bits per heavy atom. The molecule has 0 aromatic heterocycles. The van der Waals surface area contributed by atoms with Gasteiger partial charge in [0.2, 0.25) is 11.8 Å². The average Bonchev–Trinajstić information content (AvgIpc) is 3.05. The predicted molar refractivity (Wildman–Crippen MR) is 114 cm³/mol. The monoisotopic (exact) mass is 398 g/mol. The first-order valence-electron chi connectivity index (χ1n) is 9.46. The average molecular weight is 399 g/mol. The molecule has 3 rings (SSSR count). The Morgan fingerprint density at radius 3 is 2.18 bits per heavy atom. The van der Waals surface area contributed by atoms with Gasteiger partial charge < -0.3 is 10.6 Å². The molecule has 28 heavy (non-hydrogen) atoms. The highest BCUT2D eigenvalue weighted by Crippen LogP contribution is 2.25. The number of aryl methyl sites for hydroxylation is 5. The molecule has 0 unspecified atom stereocenters. The number of fused-ring (bicyclic) bond motifs is 1. The number of carbonyl (C=O) groups is 2. The number of carbonyl (C=O) groups excluding carboxylic acids is 2. The van der Waals surface area contributed by atoms with Gasteiger partial charge in [0.1, 0.15) is 11.5 Å². The summed E-state index contributed by atoms with van der Waals surface area (Å²) in [6, 6.07) is 9.88. The van der Waals surface area contributed by atoms with Crippen LogP contribution in [0.2, 0.25) is 0 Å². The molecule has 0 fully saturated rings. The number of rotatable bonds is 6. The second kappa shape index (κ2) is 8.69. The van der Waals surface area contributed by atoms with Gasteiger partial charge in [-0.05, 0) is 74.4 Å². The molecule has 2 amide bonds. The Kier molecular flexibility index (Phi) is 6.29. The van der Waals surface area contributed by atoms with Crippen LogP contribution in [0, 0.1) is 20.8 Å². The van der Waals surface area contributed by atoms with Crippen molar-refractivity contribution in [3.8, 4) is 0 Å². The van der Waals surface area contributed by atoms with Gasteiger partial charge in [-0.3, -0.25) is 13.8 Å². The minimum atomic E-state index is -1.57. The van der Waals surface area contributed by atoms with Crippen molar-refractivity contribution in [1.82, 2.24) is 0 Å². The largest absolute Gasteiger partial charge is 0.325 e. The first-order chi connectivity index (χ1) is 13.3. The number of hydrogen-bond acceptors (Lipinski definition) is 3. The molecular weight excluding hydrogens is 372 g/mol. The molecule has 0 heterocycles. The Labute approximate surface area is 168 Å². The maximum atomic E-state index is 12.2. The maximum Gasteiger partial charge on any atom is 0.237 e.